The molecule has 0 aliphatic heterocycles. The Morgan fingerprint density at radius 3 is 2.71 bits per heavy atom. The summed E-state index contributed by atoms with van der Waals surface area (Å²) in [6, 6.07) is 1.26. The van der Waals surface area contributed by atoms with Crippen molar-refractivity contribution in [2.24, 2.45) is 5.73 Å². The molecule has 0 amide bonds. The minimum atomic E-state index is -0.471. The molecule has 0 aromatic carbocycles. The molecule has 6 heteroatoms. The van der Waals surface area contributed by atoms with Gasteiger partial charge in [0, 0.05) is 23.5 Å². The molecule has 0 spiro atoms. The van der Waals surface area contributed by atoms with E-state index in [2.05, 4.69) is 22.2 Å². The highest BCUT2D eigenvalue weighted by Crippen LogP contribution is 2.22. The maximum absolute atomic E-state index is 13.6. The Kier molecular flexibility index (Phi) is 6.05. The molecule has 0 fully saturated rings. The Balaban J connectivity index is 3.14. The van der Waals surface area contributed by atoms with Crippen molar-refractivity contribution in [1.82, 2.24) is 10.3 Å². The Bertz CT molecular complexity index is 592. The molecule has 21 heavy (non-hydrogen) atoms. The zero-order chi connectivity index (χ0) is 16.0. The van der Waals surface area contributed by atoms with Crippen LogP contribution < -0.4 is 16.4 Å². The van der Waals surface area contributed by atoms with Crippen molar-refractivity contribution in [2.75, 3.05) is 18.9 Å². The number of rotatable bonds is 6. The smallest absolute Gasteiger partial charge is 0.145 e. The standard InChI is InChI=1S/C15H20F2N4/c1-5-12(6-11(16)8-19-4)21-15-13(9(2)18)7-14(17)10(3)20-15/h5-7,19H,2,8,18H2,1,3-4H3,(H,20,21)/b11-6+,12-5+. The van der Waals surface area contributed by atoms with Crippen LogP contribution in [0.3, 0.4) is 0 Å². The van der Waals surface area contributed by atoms with Crippen LogP contribution in [0.5, 0.6) is 0 Å². The van der Waals surface area contributed by atoms with Crippen LogP contribution in [0.1, 0.15) is 18.2 Å². The van der Waals surface area contributed by atoms with Crippen molar-refractivity contribution in [3.8, 4) is 0 Å². The fourth-order valence-electron chi connectivity index (χ4n) is 1.64. The molecule has 1 heterocycles. The summed E-state index contributed by atoms with van der Waals surface area (Å²) in [5.74, 6) is -0.478. The number of nitrogens with zero attached hydrogens (tertiary/aromatic N) is 1. The van der Waals surface area contributed by atoms with Gasteiger partial charge in [0.25, 0.3) is 0 Å². The first-order valence-electron chi connectivity index (χ1n) is 6.45. The maximum atomic E-state index is 13.6. The Labute approximate surface area is 123 Å². The molecule has 1 aromatic rings. The van der Waals surface area contributed by atoms with E-state index in [1.54, 1.807) is 20.0 Å². The average molecular weight is 294 g/mol. The minimum Gasteiger partial charge on any atom is -0.399 e. The van der Waals surface area contributed by atoms with E-state index in [1.165, 1.54) is 19.1 Å². The third-order valence-electron chi connectivity index (χ3n) is 2.73. The first-order chi connectivity index (χ1) is 9.88. The second kappa shape index (κ2) is 7.54. The van der Waals surface area contributed by atoms with E-state index in [0.29, 0.717) is 17.1 Å². The summed E-state index contributed by atoms with van der Waals surface area (Å²) in [7, 11) is 1.65. The zero-order valence-corrected chi connectivity index (χ0v) is 12.4. The predicted molar refractivity (Wildman–Crippen MR) is 82.7 cm³/mol. The summed E-state index contributed by atoms with van der Waals surface area (Å²) in [4.78, 5) is 4.10. The number of pyridine rings is 1. The lowest BCUT2D eigenvalue weighted by atomic mass is 10.1. The summed E-state index contributed by atoms with van der Waals surface area (Å²) >= 11 is 0. The number of anilines is 1. The van der Waals surface area contributed by atoms with Crippen molar-refractivity contribution >= 4 is 11.5 Å². The quantitative estimate of drug-likeness (QED) is 0.706. The van der Waals surface area contributed by atoms with Gasteiger partial charge in [-0.15, -0.1) is 0 Å². The second-order valence-electron chi connectivity index (χ2n) is 4.47. The van der Waals surface area contributed by atoms with Crippen LogP contribution in [-0.4, -0.2) is 18.6 Å². The van der Waals surface area contributed by atoms with Crippen molar-refractivity contribution in [3.05, 3.63) is 53.4 Å². The van der Waals surface area contributed by atoms with Gasteiger partial charge in [-0.05, 0) is 33.0 Å². The highest BCUT2D eigenvalue weighted by Gasteiger charge is 2.11. The highest BCUT2D eigenvalue weighted by molar-refractivity contribution is 5.72. The molecule has 1 aromatic heterocycles. The van der Waals surface area contributed by atoms with Gasteiger partial charge < -0.3 is 16.4 Å². The number of nitrogens with two attached hydrogens (primary N) is 1. The number of hydrogen-bond donors (Lipinski definition) is 3. The molecule has 0 radical (unpaired) electrons. The Morgan fingerprint density at radius 1 is 1.52 bits per heavy atom. The largest absolute Gasteiger partial charge is 0.399 e. The fraction of sp³-hybridized carbons (Fsp3) is 0.267. The Hall–Kier alpha value is -2.21. The van der Waals surface area contributed by atoms with Crippen LogP contribution in [0, 0.1) is 12.7 Å². The predicted octanol–water partition coefficient (Wildman–Crippen LogP) is 2.85. The van der Waals surface area contributed by atoms with Crippen LogP contribution >= 0.6 is 0 Å². The first kappa shape index (κ1) is 16.8. The van der Waals surface area contributed by atoms with Crippen LogP contribution in [0.4, 0.5) is 14.6 Å². The summed E-state index contributed by atoms with van der Waals surface area (Å²) in [5, 5.41) is 5.64. The molecular formula is C15H20F2N4. The summed E-state index contributed by atoms with van der Waals surface area (Å²) in [5.41, 5.74) is 6.88. The summed E-state index contributed by atoms with van der Waals surface area (Å²) in [6.07, 6.45) is 3.01. The molecule has 0 aliphatic rings. The molecule has 0 bridgehead atoms. The average Bonchev–Trinajstić information content (AvgIpc) is 2.41. The van der Waals surface area contributed by atoms with Gasteiger partial charge in [0.15, 0.2) is 0 Å². The lowest BCUT2D eigenvalue weighted by molar-refractivity contribution is 0.591. The number of likely N-dealkylation sites (N-methyl/N-ethyl adjacent to an activating group) is 1. The van der Waals surface area contributed by atoms with E-state index >= 15 is 0 Å². The van der Waals surface area contributed by atoms with E-state index < -0.39 is 5.82 Å². The van der Waals surface area contributed by atoms with Crippen LogP contribution in [0.2, 0.25) is 0 Å². The van der Waals surface area contributed by atoms with Gasteiger partial charge in [0.1, 0.15) is 17.5 Å². The number of allylic oxidation sites excluding steroid dienone is 2. The molecule has 0 unspecified atom stereocenters. The van der Waals surface area contributed by atoms with Gasteiger partial charge in [-0.1, -0.05) is 12.7 Å². The normalized spacial score (nSPS) is 12.4. The van der Waals surface area contributed by atoms with Gasteiger partial charge in [-0.25, -0.2) is 13.8 Å². The third kappa shape index (κ3) is 4.68. The van der Waals surface area contributed by atoms with Crippen LogP contribution in [0.25, 0.3) is 5.70 Å². The van der Waals surface area contributed by atoms with Crippen LogP contribution in [0.15, 0.2) is 36.3 Å². The van der Waals surface area contributed by atoms with Crippen molar-refractivity contribution < 1.29 is 8.78 Å². The van der Waals surface area contributed by atoms with Crippen molar-refractivity contribution in [3.63, 3.8) is 0 Å². The SMILES string of the molecule is C=C(N)c1cc(F)c(C)nc1NC(/C=C(/F)CNC)=C/C. The molecule has 0 atom stereocenters. The highest BCUT2D eigenvalue weighted by atomic mass is 19.1. The lowest BCUT2D eigenvalue weighted by Gasteiger charge is -2.13. The molecule has 1 rings (SSSR count). The molecule has 4 nitrogen and oxygen atoms in total. The Morgan fingerprint density at radius 2 is 2.19 bits per heavy atom. The molecule has 0 saturated carbocycles. The number of hydrogen-bond acceptors (Lipinski definition) is 4. The van der Waals surface area contributed by atoms with Crippen molar-refractivity contribution in [1.29, 1.82) is 0 Å². The van der Waals surface area contributed by atoms with E-state index in [-0.39, 0.29) is 23.8 Å². The summed E-state index contributed by atoms with van der Waals surface area (Å²) in [6.45, 7) is 7.00. The second-order valence-corrected chi connectivity index (χ2v) is 4.47. The number of aromatic nitrogens is 1. The van der Waals surface area contributed by atoms with Crippen molar-refractivity contribution in [2.45, 2.75) is 13.8 Å². The molecule has 4 N–H and O–H groups in total. The van der Waals surface area contributed by atoms with Crippen LogP contribution in [-0.2, 0) is 0 Å². The van der Waals surface area contributed by atoms with Gasteiger partial charge >= 0.3 is 0 Å². The molecule has 0 saturated heterocycles. The van der Waals surface area contributed by atoms with E-state index in [4.69, 9.17) is 5.73 Å². The number of nitrogens with one attached hydrogen (secondary N) is 2. The van der Waals surface area contributed by atoms with Gasteiger partial charge in [-0.2, -0.15) is 0 Å². The van der Waals surface area contributed by atoms with E-state index in [9.17, 15) is 8.78 Å². The summed E-state index contributed by atoms with van der Waals surface area (Å²) < 4.78 is 27.1. The lowest BCUT2D eigenvalue weighted by Crippen LogP contribution is -2.10. The maximum Gasteiger partial charge on any atom is 0.145 e. The topological polar surface area (TPSA) is 63.0 Å². The van der Waals surface area contributed by atoms with Gasteiger partial charge in [0.05, 0.1) is 5.69 Å². The number of halogens is 2. The third-order valence-corrected chi connectivity index (χ3v) is 2.73. The fourth-order valence-corrected chi connectivity index (χ4v) is 1.64. The zero-order valence-electron chi connectivity index (χ0n) is 12.4. The van der Waals surface area contributed by atoms with E-state index in [0.717, 1.165) is 0 Å². The molecule has 0 aliphatic carbocycles. The molecule has 114 valence electrons. The molecular weight excluding hydrogens is 274 g/mol. The monoisotopic (exact) mass is 294 g/mol. The van der Waals surface area contributed by atoms with E-state index in [1.807, 2.05) is 0 Å². The minimum absolute atomic E-state index is 0.116. The van der Waals surface area contributed by atoms with Gasteiger partial charge in [-0.3, -0.25) is 0 Å². The first-order valence-corrected chi connectivity index (χ1v) is 6.45. The van der Waals surface area contributed by atoms with Gasteiger partial charge in [0.2, 0.25) is 0 Å². The number of aryl methyl sites for hydroxylation is 1.